The molecule has 0 N–H and O–H groups in total. The summed E-state index contributed by atoms with van der Waals surface area (Å²) in [6.07, 6.45) is 11.3. The summed E-state index contributed by atoms with van der Waals surface area (Å²) < 4.78 is 17.1. The third-order valence-electron chi connectivity index (χ3n) is 6.93. The summed E-state index contributed by atoms with van der Waals surface area (Å²) in [6, 6.07) is 0. The molecule has 2 atom stereocenters. The Morgan fingerprint density at radius 3 is 2.00 bits per heavy atom. The molecule has 0 bridgehead atoms. The maximum absolute atomic E-state index is 13.4. The van der Waals surface area contributed by atoms with Crippen molar-refractivity contribution in [3.05, 3.63) is 12.2 Å². The van der Waals surface area contributed by atoms with E-state index < -0.39 is 29.4 Å². The maximum Gasteiger partial charge on any atom is 0.351 e. The van der Waals surface area contributed by atoms with E-state index >= 15 is 0 Å². The lowest BCUT2D eigenvalue weighted by molar-refractivity contribution is -0.199. The molecule has 0 aliphatic heterocycles. The summed E-state index contributed by atoms with van der Waals surface area (Å²) in [5.74, 6) is -1.26. The van der Waals surface area contributed by atoms with Gasteiger partial charge in [0.1, 0.15) is 5.92 Å². The van der Waals surface area contributed by atoms with Crippen LogP contribution >= 0.6 is 0 Å². The monoisotopic (exact) mass is 508 g/mol. The first-order chi connectivity index (χ1) is 17.1. The van der Waals surface area contributed by atoms with E-state index in [0.717, 1.165) is 64.2 Å². The zero-order valence-corrected chi connectivity index (χ0v) is 23.7. The average molecular weight is 509 g/mol. The summed E-state index contributed by atoms with van der Waals surface area (Å²) in [4.78, 5) is 39.5. The van der Waals surface area contributed by atoms with Gasteiger partial charge in [-0.2, -0.15) is 0 Å². The van der Waals surface area contributed by atoms with Gasteiger partial charge in [0.15, 0.2) is 0 Å². The quantitative estimate of drug-likeness (QED) is 0.0834. The molecule has 0 aromatic heterocycles. The van der Waals surface area contributed by atoms with Crippen LogP contribution in [-0.2, 0) is 28.6 Å². The predicted octanol–water partition coefficient (Wildman–Crippen LogP) is 7.33. The van der Waals surface area contributed by atoms with Crippen molar-refractivity contribution < 1.29 is 28.6 Å². The van der Waals surface area contributed by atoms with E-state index in [1.54, 1.807) is 0 Å². The molecule has 0 spiro atoms. The van der Waals surface area contributed by atoms with Gasteiger partial charge in [-0.25, -0.2) is 9.59 Å². The van der Waals surface area contributed by atoms with Crippen LogP contribution in [0.1, 0.15) is 125 Å². The van der Waals surface area contributed by atoms with Crippen LogP contribution in [0.25, 0.3) is 0 Å². The summed E-state index contributed by atoms with van der Waals surface area (Å²) in [7, 11) is 0. The summed E-state index contributed by atoms with van der Waals surface area (Å²) >= 11 is 0. The maximum atomic E-state index is 13.4. The van der Waals surface area contributed by atoms with Crippen LogP contribution in [0.3, 0.4) is 0 Å². The van der Waals surface area contributed by atoms with E-state index in [1.165, 1.54) is 0 Å². The molecule has 0 heterocycles. The SMILES string of the molecule is C=C(CCC)C(=O)OC1(C(=O)OCCCCCC(C)C)CCCCC1C(=O)OCCCCCC(C)C. The molecule has 0 aromatic carbocycles. The number of hydrogen-bond donors (Lipinski definition) is 0. The standard InChI is InChI=1S/C30H52O6/c1-7-16-25(6)27(31)36-30(29(33)35-22-15-9-11-18-24(4)5)20-13-12-19-26(30)28(32)34-21-14-8-10-17-23(2)3/h23-24,26H,6-22H2,1-5H3. The third-order valence-corrected chi connectivity index (χ3v) is 6.93. The lowest BCUT2D eigenvalue weighted by Gasteiger charge is -2.39. The molecule has 0 aromatic rings. The minimum absolute atomic E-state index is 0.254. The molecule has 6 heteroatoms. The Hall–Kier alpha value is -1.85. The van der Waals surface area contributed by atoms with E-state index in [0.29, 0.717) is 43.3 Å². The van der Waals surface area contributed by atoms with Gasteiger partial charge in [-0.3, -0.25) is 4.79 Å². The van der Waals surface area contributed by atoms with Crippen molar-refractivity contribution in [2.75, 3.05) is 13.2 Å². The van der Waals surface area contributed by atoms with Crippen LogP contribution in [0.5, 0.6) is 0 Å². The van der Waals surface area contributed by atoms with Gasteiger partial charge < -0.3 is 14.2 Å². The van der Waals surface area contributed by atoms with Gasteiger partial charge in [-0.05, 0) is 50.4 Å². The Morgan fingerprint density at radius 1 is 0.861 bits per heavy atom. The Bertz CT molecular complexity index is 683. The molecule has 0 amide bonds. The van der Waals surface area contributed by atoms with Gasteiger partial charge in [0.2, 0.25) is 5.60 Å². The Morgan fingerprint density at radius 2 is 1.44 bits per heavy atom. The first-order valence-electron chi connectivity index (χ1n) is 14.4. The molecule has 1 aliphatic carbocycles. The lowest BCUT2D eigenvalue weighted by Crippen LogP contribution is -2.55. The molecule has 1 saturated carbocycles. The minimum atomic E-state index is -1.64. The average Bonchev–Trinajstić information content (AvgIpc) is 2.83. The number of carbonyl (C=O) groups excluding carboxylic acids is 3. The van der Waals surface area contributed by atoms with Gasteiger partial charge in [0.05, 0.1) is 13.2 Å². The predicted molar refractivity (Wildman–Crippen MR) is 143 cm³/mol. The second-order valence-corrected chi connectivity index (χ2v) is 11.2. The highest BCUT2D eigenvalue weighted by atomic mass is 16.6. The van der Waals surface area contributed by atoms with Crippen LogP contribution in [0.15, 0.2) is 12.2 Å². The Kier molecular flexibility index (Phi) is 15.7. The Labute approximate surface area is 219 Å². The minimum Gasteiger partial charge on any atom is -0.465 e. The molecule has 1 fully saturated rings. The second kappa shape index (κ2) is 17.6. The fraction of sp³-hybridized carbons (Fsp3) is 0.833. The molecule has 6 nitrogen and oxygen atoms in total. The first kappa shape index (κ1) is 32.2. The number of hydrogen-bond acceptors (Lipinski definition) is 6. The highest BCUT2D eigenvalue weighted by Gasteiger charge is 2.56. The molecule has 208 valence electrons. The highest BCUT2D eigenvalue weighted by Crippen LogP contribution is 2.40. The summed E-state index contributed by atoms with van der Waals surface area (Å²) in [5, 5.41) is 0. The fourth-order valence-electron chi connectivity index (χ4n) is 4.72. The van der Waals surface area contributed by atoms with Crippen molar-refractivity contribution in [1.29, 1.82) is 0 Å². The number of unbranched alkanes of at least 4 members (excludes halogenated alkanes) is 4. The summed E-state index contributed by atoms with van der Waals surface area (Å²) in [6.45, 7) is 15.1. The van der Waals surface area contributed by atoms with Crippen molar-refractivity contribution >= 4 is 17.9 Å². The van der Waals surface area contributed by atoms with Gasteiger partial charge >= 0.3 is 17.9 Å². The van der Waals surface area contributed by atoms with E-state index in [2.05, 4.69) is 34.3 Å². The number of carbonyl (C=O) groups is 3. The molecular weight excluding hydrogens is 456 g/mol. The molecule has 0 radical (unpaired) electrons. The van der Waals surface area contributed by atoms with Crippen LogP contribution in [0.4, 0.5) is 0 Å². The number of esters is 3. The molecule has 1 aliphatic rings. The van der Waals surface area contributed by atoms with Crippen LogP contribution < -0.4 is 0 Å². The molecule has 1 rings (SSSR count). The van der Waals surface area contributed by atoms with E-state index in [1.807, 2.05) is 6.92 Å². The van der Waals surface area contributed by atoms with Crippen molar-refractivity contribution in [3.63, 3.8) is 0 Å². The smallest absolute Gasteiger partial charge is 0.351 e. The van der Waals surface area contributed by atoms with Crippen molar-refractivity contribution in [2.45, 2.75) is 130 Å². The first-order valence-corrected chi connectivity index (χ1v) is 14.4. The van der Waals surface area contributed by atoms with Crippen LogP contribution in [-0.4, -0.2) is 36.7 Å². The van der Waals surface area contributed by atoms with Crippen molar-refractivity contribution in [1.82, 2.24) is 0 Å². The fourth-order valence-corrected chi connectivity index (χ4v) is 4.72. The van der Waals surface area contributed by atoms with E-state index in [9.17, 15) is 14.4 Å². The van der Waals surface area contributed by atoms with Crippen LogP contribution in [0, 0.1) is 17.8 Å². The zero-order chi connectivity index (χ0) is 27.0. The second-order valence-electron chi connectivity index (χ2n) is 11.2. The Balaban J connectivity index is 2.87. The molecule has 0 saturated heterocycles. The lowest BCUT2D eigenvalue weighted by atomic mass is 9.75. The highest BCUT2D eigenvalue weighted by molar-refractivity contribution is 5.94. The zero-order valence-electron chi connectivity index (χ0n) is 23.7. The van der Waals surface area contributed by atoms with Gasteiger partial charge in [0.25, 0.3) is 0 Å². The summed E-state index contributed by atoms with van der Waals surface area (Å²) in [5.41, 5.74) is -1.33. The molecular formula is C30H52O6. The van der Waals surface area contributed by atoms with E-state index in [-0.39, 0.29) is 13.0 Å². The molecule has 36 heavy (non-hydrogen) atoms. The van der Waals surface area contributed by atoms with Gasteiger partial charge in [0, 0.05) is 5.57 Å². The van der Waals surface area contributed by atoms with E-state index in [4.69, 9.17) is 14.2 Å². The number of rotatable bonds is 18. The normalized spacial score (nSPS) is 19.8. The van der Waals surface area contributed by atoms with Crippen molar-refractivity contribution in [2.24, 2.45) is 17.8 Å². The third kappa shape index (κ3) is 11.5. The van der Waals surface area contributed by atoms with Crippen LogP contribution in [0.2, 0.25) is 0 Å². The topological polar surface area (TPSA) is 78.9 Å². The van der Waals surface area contributed by atoms with Gasteiger partial charge in [-0.1, -0.05) is 92.6 Å². The largest absolute Gasteiger partial charge is 0.465 e. The van der Waals surface area contributed by atoms with Gasteiger partial charge in [-0.15, -0.1) is 0 Å². The van der Waals surface area contributed by atoms with Crippen molar-refractivity contribution in [3.8, 4) is 0 Å². The molecule has 2 unspecified atom stereocenters. The number of ether oxygens (including phenoxy) is 3.